The number of nitrogens with one attached hydrogen (secondary N) is 2. The van der Waals surface area contributed by atoms with Crippen molar-refractivity contribution >= 4 is 52.7 Å². The number of hydrogen-bond donors (Lipinski definition) is 2. The Kier molecular flexibility index (Phi) is 22.8. The Labute approximate surface area is 444 Å². The maximum atomic E-state index is 12.6. The van der Waals surface area contributed by atoms with Gasteiger partial charge >= 0.3 is 24.1 Å². The fourth-order valence-electron chi connectivity index (χ4n) is 7.38. The lowest BCUT2D eigenvalue weighted by atomic mass is 9.79. The number of halogens is 1. The molecule has 0 saturated heterocycles. The third-order valence-electron chi connectivity index (χ3n) is 10.2. The van der Waals surface area contributed by atoms with Gasteiger partial charge in [-0.15, -0.1) is 15.3 Å². The van der Waals surface area contributed by atoms with Gasteiger partial charge in [0.25, 0.3) is 0 Å². The summed E-state index contributed by atoms with van der Waals surface area (Å²) in [6.07, 6.45) is 10.4. The molecule has 2 N–H and O–H groups in total. The molecule has 0 spiro atoms. The Bertz CT molecular complexity index is 2280. The van der Waals surface area contributed by atoms with Crippen molar-refractivity contribution in [3.63, 3.8) is 0 Å². The average molecular weight is 1130 g/mol. The molecule has 0 unspecified atom stereocenters. The van der Waals surface area contributed by atoms with Crippen LogP contribution in [-0.2, 0) is 78.8 Å². The number of ether oxygens (including phenoxy) is 5. The molecule has 0 saturated carbocycles. The fraction of sp³-hybridized carbons (Fsp3) is 0.667. The monoisotopic (exact) mass is 1130 g/mol. The lowest BCUT2D eigenvalue weighted by molar-refractivity contribution is -0.156. The number of rotatable bonds is 25. The maximum absolute atomic E-state index is 12.6. The zero-order valence-electron chi connectivity index (χ0n) is 45.1. The highest BCUT2D eigenvalue weighted by atomic mass is 127. The molecule has 0 fully saturated rings. The normalized spacial score (nSPS) is 12.3. The van der Waals surface area contributed by atoms with E-state index >= 15 is 0 Å². The molecule has 3 aromatic heterocycles. The first-order valence-corrected chi connectivity index (χ1v) is 26.2. The number of guanidine groups is 1. The Morgan fingerprint density at radius 1 is 0.575 bits per heavy atom. The molecule has 0 aliphatic carbocycles. The molecule has 0 aliphatic rings. The summed E-state index contributed by atoms with van der Waals surface area (Å²) < 4.78 is 34.9. The number of alkyl carbamates (subject to hydrolysis) is 2. The SMILES string of the molecule is CC(C)(C)OC(=O)CCCCn1cc(CC(COCc2ccc(I)cc2)(Cc2cn(CCCCC(=O)OC(C)(C)C)nn2)Cn2cc(CCCCN=C(NC(=O)OC(C)(C)C)NC(=O)OC(C)(C)C)nn2)nn1. The van der Waals surface area contributed by atoms with Crippen molar-refractivity contribution in [2.24, 2.45) is 10.4 Å². The lowest BCUT2D eigenvalue weighted by Crippen LogP contribution is -2.47. The quantitative estimate of drug-likeness (QED) is 0.0158. The molecule has 1 aromatic carbocycles. The summed E-state index contributed by atoms with van der Waals surface area (Å²) in [4.78, 5) is 54.3. The molecule has 404 valence electrons. The van der Waals surface area contributed by atoms with E-state index in [1.165, 1.54) is 0 Å². The van der Waals surface area contributed by atoms with Gasteiger partial charge in [-0.25, -0.2) is 9.59 Å². The van der Waals surface area contributed by atoms with Crippen molar-refractivity contribution in [2.45, 2.75) is 202 Å². The van der Waals surface area contributed by atoms with Gasteiger partial charge in [0.15, 0.2) is 0 Å². The van der Waals surface area contributed by atoms with Crippen LogP contribution in [0.25, 0.3) is 0 Å². The Morgan fingerprint density at radius 3 is 1.51 bits per heavy atom. The van der Waals surface area contributed by atoms with Crippen LogP contribution in [0.4, 0.5) is 9.59 Å². The average Bonchev–Trinajstić information content (AvgIpc) is 4.00. The van der Waals surface area contributed by atoms with Gasteiger partial charge in [0.05, 0.1) is 36.8 Å². The fourth-order valence-corrected chi connectivity index (χ4v) is 7.74. The number of amides is 2. The van der Waals surface area contributed by atoms with E-state index in [-0.39, 0.29) is 24.4 Å². The summed E-state index contributed by atoms with van der Waals surface area (Å²) >= 11 is 2.29. The molecule has 22 heteroatoms. The molecule has 0 radical (unpaired) electrons. The molecule has 4 aromatic rings. The lowest BCUT2D eigenvalue weighted by Gasteiger charge is -2.32. The van der Waals surface area contributed by atoms with E-state index in [4.69, 9.17) is 23.7 Å². The van der Waals surface area contributed by atoms with Crippen molar-refractivity contribution in [3.05, 3.63) is 69.1 Å². The van der Waals surface area contributed by atoms with E-state index < -0.39 is 40.0 Å². The predicted molar refractivity (Wildman–Crippen MR) is 282 cm³/mol. The van der Waals surface area contributed by atoms with Crippen LogP contribution in [0.3, 0.4) is 0 Å². The van der Waals surface area contributed by atoms with Crippen LogP contribution in [0.1, 0.15) is 157 Å². The van der Waals surface area contributed by atoms with Crippen LogP contribution >= 0.6 is 22.6 Å². The number of hydrogen-bond acceptors (Lipinski definition) is 16. The van der Waals surface area contributed by atoms with Crippen LogP contribution in [0, 0.1) is 8.99 Å². The third-order valence-corrected chi connectivity index (χ3v) is 10.9. The largest absolute Gasteiger partial charge is 0.460 e. The van der Waals surface area contributed by atoms with E-state index in [1.807, 2.05) is 76.9 Å². The Hall–Kier alpha value is -5.52. The highest BCUT2D eigenvalue weighted by Crippen LogP contribution is 2.31. The van der Waals surface area contributed by atoms with E-state index in [0.29, 0.717) is 103 Å². The standard InChI is InChI=1S/C51H79IN12O9/c1-47(2,3)70-42(65)20-14-17-27-62-32-40(57-59-62)29-51(36-69-34-37-22-24-38(52)25-23-37,30-41-33-63(60-58-41)28-18-15-21-43(66)71-48(4,5)6)35-64-31-39(56-61-64)19-13-16-26-53-44(54-45(67)72-49(7,8)9)55-46(68)73-50(10,11)12/h22-25,31-33H,13-21,26-30,34-36H2,1-12H3,(H2,53,54,55,67,68). The number of benzene rings is 1. The zero-order valence-corrected chi connectivity index (χ0v) is 47.2. The number of unbranched alkanes of at least 4 members (excludes halogenated alkanes) is 3. The summed E-state index contributed by atoms with van der Waals surface area (Å²) in [5, 5.41) is 32.4. The second-order valence-corrected chi connectivity index (χ2v) is 23.6. The van der Waals surface area contributed by atoms with E-state index in [2.05, 4.69) is 81.3 Å². The first-order chi connectivity index (χ1) is 34.1. The minimum Gasteiger partial charge on any atom is -0.460 e. The zero-order chi connectivity index (χ0) is 53.9. The molecular weight excluding hydrogens is 1050 g/mol. The Morgan fingerprint density at radius 2 is 1.03 bits per heavy atom. The van der Waals surface area contributed by atoms with Gasteiger partial charge in [0.1, 0.15) is 22.4 Å². The van der Waals surface area contributed by atoms with Crippen molar-refractivity contribution in [2.75, 3.05) is 13.2 Å². The maximum Gasteiger partial charge on any atom is 0.414 e. The van der Waals surface area contributed by atoms with Crippen molar-refractivity contribution in [1.29, 1.82) is 0 Å². The first kappa shape index (κ1) is 60.0. The number of aryl methyl sites for hydroxylation is 3. The van der Waals surface area contributed by atoms with E-state index in [9.17, 15) is 19.2 Å². The van der Waals surface area contributed by atoms with Crippen LogP contribution in [0.5, 0.6) is 0 Å². The Balaban J connectivity index is 1.54. The van der Waals surface area contributed by atoms with Gasteiger partial charge in [-0.3, -0.25) is 39.3 Å². The molecule has 0 bridgehead atoms. The molecule has 2 amide bonds. The summed E-state index contributed by atoms with van der Waals surface area (Å²) in [6.45, 7) is 24.1. The minimum atomic E-state index is -0.760. The molecular formula is C51H79IN12O9. The number of aliphatic imine (C=N–C) groups is 1. The molecule has 21 nitrogen and oxygen atoms in total. The van der Waals surface area contributed by atoms with Crippen LogP contribution in [0.2, 0.25) is 0 Å². The highest BCUT2D eigenvalue weighted by Gasteiger charge is 2.35. The first-order valence-electron chi connectivity index (χ1n) is 25.1. The van der Waals surface area contributed by atoms with Crippen molar-refractivity contribution < 1.29 is 42.9 Å². The summed E-state index contributed by atoms with van der Waals surface area (Å²) in [5.74, 6) is -0.526. The van der Waals surface area contributed by atoms with Gasteiger partial charge in [0, 0.05) is 72.9 Å². The predicted octanol–water partition coefficient (Wildman–Crippen LogP) is 8.51. The topological polar surface area (TPSA) is 243 Å². The van der Waals surface area contributed by atoms with Gasteiger partial charge in [-0.2, -0.15) is 0 Å². The third kappa shape index (κ3) is 25.8. The smallest absolute Gasteiger partial charge is 0.414 e. The number of aromatic nitrogens is 9. The highest BCUT2D eigenvalue weighted by molar-refractivity contribution is 14.1. The van der Waals surface area contributed by atoms with Crippen LogP contribution in [0.15, 0.2) is 47.8 Å². The van der Waals surface area contributed by atoms with Gasteiger partial charge in [-0.1, -0.05) is 27.8 Å². The summed E-state index contributed by atoms with van der Waals surface area (Å²) in [6, 6.07) is 8.21. The van der Waals surface area contributed by atoms with Gasteiger partial charge < -0.3 is 23.7 Å². The number of esters is 2. The van der Waals surface area contributed by atoms with Crippen LogP contribution < -0.4 is 10.6 Å². The number of carbonyl (C=O) groups excluding carboxylic acids is 4. The molecule has 4 rings (SSSR count). The van der Waals surface area contributed by atoms with Gasteiger partial charge in [0.2, 0.25) is 5.96 Å². The van der Waals surface area contributed by atoms with Crippen molar-refractivity contribution in [3.8, 4) is 0 Å². The van der Waals surface area contributed by atoms with E-state index in [0.717, 1.165) is 26.2 Å². The second-order valence-electron chi connectivity index (χ2n) is 22.4. The summed E-state index contributed by atoms with van der Waals surface area (Å²) in [7, 11) is 0. The van der Waals surface area contributed by atoms with Crippen LogP contribution in [-0.4, -0.2) is 111 Å². The number of carbonyl (C=O) groups is 4. The minimum absolute atomic E-state index is 0.0773. The molecule has 0 atom stereocenters. The molecule has 73 heavy (non-hydrogen) atoms. The second kappa shape index (κ2) is 27.7. The van der Waals surface area contributed by atoms with E-state index in [1.54, 1.807) is 50.9 Å². The van der Waals surface area contributed by atoms with Gasteiger partial charge in [-0.05, 0) is 168 Å². The summed E-state index contributed by atoms with van der Waals surface area (Å²) in [5.41, 5.74) is 0.0534. The molecule has 3 heterocycles. The number of nitrogens with zero attached hydrogens (tertiary/aromatic N) is 10. The molecule has 0 aliphatic heterocycles. The van der Waals surface area contributed by atoms with Crippen molar-refractivity contribution in [1.82, 2.24) is 55.6 Å².